The van der Waals surface area contributed by atoms with Crippen molar-refractivity contribution < 1.29 is 17.6 Å². The molecular weight excluding hydrogens is 388 g/mol. The highest BCUT2D eigenvalue weighted by atomic mass is 32.2. The van der Waals surface area contributed by atoms with Crippen molar-refractivity contribution in [2.45, 2.75) is 26.3 Å². The van der Waals surface area contributed by atoms with Gasteiger partial charge in [-0.1, -0.05) is 25.1 Å². The number of aryl methyl sites for hydroxylation is 1. The van der Waals surface area contributed by atoms with Gasteiger partial charge in [0.15, 0.2) is 0 Å². The summed E-state index contributed by atoms with van der Waals surface area (Å²) in [5.41, 5.74) is 2.99. The van der Waals surface area contributed by atoms with Gasteiger partial charge in [-0.05, 0) is 36.8 Å². The number of anilines is 1. The number of carbonyl (C=O) groups excluding carboxylic acids is 1. The third-order valence-electron chi connectivity index (χ3n) is 5.35. The van der Waals surface area contributed by atoms with Crippen molar-refractivity contribution in [1.29, 1.82) is 0 Å². The topological polar surface area (TPSA) is 70.8 Å². The minimum atomic E-state index is -3.22. The third kappa shape index (κ3) is 3.62. The second-order valence-corrected chi connectivity index (χ2v) is 9.32. The van der Waals surface area contributed by atoms with Crippen molar-refractivity contribution in [1.82, 2.24) is 4.90 Å². The molecule has 0 aliphatic carbocycles. The molecule has 0 N–H and O–H groups in total. The fourth-order valence-electron chi connectivity index (χ4n) is 3.84. The molecule has 0 saturated carbocycles. The highest BCUT2D eigenvalue weighted by Crippen LogP contribution is 2.28. The Bertz CT molecular complexity index is 1150. The predicted molar refractivity (Wildman–Crippen MR) is 114 cm³/mol. The number of nitrogens with zero attached hydrogens (tertiary/aromatic N) is 2. The van der Waals surface area contributed by atoms with Gasteiger partial charge in [0.1, 0.15) is 11.3 Å². The molecule has 3 aromatic rings. The van der Waals surface area contributed by atoms with Gasteiger partial charge in [0, 0.05) is 43.1 Å². The van der Waals surface area contributed by atoms with E-state index < -0.39 is 10.0 Å². The summed E-state index contributed by atoms with van der Waals surface area (Å²) < 4.78 is 31.5. The Labute approximate surface area is 170 Å². The van der Waals surface area contributed by atoms with Crippen LogP contribution >= 0.6 is 0 Å². The largest absolute Gasteiger partial charge is 0.461 e. The number of sulfonamides is 1. The van der Waals surface area contributed by atoms with Crippen LogP contribution in [-0.2, 0) is 23.0 Å². The maximum Gasteiger partial charge on any atom is 0.253 e. The minimum absolute atomic E-state index is 0.117. The lowest BCUT2D eigenvalue weighted by Crippen LogP contribution is -2.27. The lowest BCUT2D eigenvalue weighted by molar-refractivity contribution is 0.0785. The molecule has 1 amide bonds. The van der Waals surface area contributed by atoms with E-state index in [9.17, 15) is 13.2 Å². The predicted octanol–water partition coefficient (Wildman–Crippen LogP) is 3.81. The number of amides is 1. The summed E-state index contributed by atoms with van der Waals surface area (Å²) in [6.07, 6.45) is 1.38. The second kappa shape index (κ2) is 7.55. The summed E-state index contributed by atoms with van der Waals surface area (Å²) in [5, 5.41) is 1.03. The van der Waals surface area contributed by atoms with Gasteiger partial charge in [-0.25, -0.2) is 8.42 Å². The molecule has 152 valence electrons. The van der Waals surface area contributed by atoms with Crippen molar-refractivity contribution in [2.75, 3.05) is 23.7 Å². The van der Waals surface area contributed by atoms with E-state index in [-0.39, 0.29) is 11.7 Å². The van der Waals surface area contributed by atoms with Crippen LogP contribution in [0.2, 0.25) is 0 Å². The normalized spacial score (nSPS) is 15.7. The molecule has 0 atom stereocenters. The number of carbonyl (C=O) groups is 1. The first kappa shape index (κ1) is 19.5. The zero-order valence-corrected chi connectivity index (χ0v) is 17.4. The summed E-state index contributed by atoms with van der Waals surface area (Å²) >= 11 is 0. The Hall–Kier alpha value is -2.80. The Morgan fingerprint density at radius 1 is 1.14 bits per heavy atom. The Balaban J connectivity index is 1.54. The molecule has 7 heteroatoms. The molecule has 4 rings (SSSR count). The van der Waals surface area contributed by atoms with Crippen molar-refractivity contribution in [3.63, 3.8) is 0 Å². The molecule has 6 nitrogen and oxygen atoms in total. The molecule has 1 aliphatic heterocycles. The summed E-state index contributed by atoms with van der Waals surface area (Å²) in [5.74, 6) is 0.947. The zero-order chi connectivity index (χ0) is 20.6. The van der Waals surface area contributed by atoms with E-state index in [1.165, 1.54) is 4.31 Å². The summed E-state index contributed by atoms with van der Waals surface area (Å²) in [6.45, 7) is 2.97. The van der Waals surface area contributed by atoms with Crippen molar-refractivity contribution in [3.05, 3.63) is 65.4 Å². The molecule has 29 heavy (non-hydrogen) atoms. The van der Waals surface area contributed by atoms with Crippen LogP contribution in [0.4, 0.5) is 5.69 Å². The van der Waals surface area contributed by atoms with E-state index in [0.29, 0.717) is 30.8 Å². The van der Waals surface area contributed by atoms with Gasteiger partial charge in [0.05, 0.1) is 11.4 Å². The number of hydrogen-bond donors (Lipinski definition) is 0. The Morgan fingerprint density at radius 2 is 1.86 bits per heavy atom. The van der Waals surface area contributed by atoms with Gasteiger partial charge in [-0.2, -0.15) is 0 Å². The molecule has 0 radical (unpaired) electrons. The number of hydrogen-bond acceptors (Lipinski definition) is 4. The highest BCUT2D eigenvalue weighted by Gasteiger charge is 2.28. The van der Waals surface area contributed by atoms with Gasteiger partial charge < -0.3 is 9.32 Å². The summed E-state index contributed by atoms with van der Waals surface area (Å²) in [7, 11) is -1.46. The molecular formula is C22H24N2O4S. The molecule has 2 aromatic carbocycles. The van der Waals surface area contributed by atoms with Gasteiger partial charge in [-0.15, -0.1) is 0 Å². The van der Waals surface area contributed by atoms with Crippen LogP contribution in [0.25, 0.3) is 11.0 Å². The maximum atomic E-state index is 12.9. The molecule has 1 fully saturated rings. The van der Waals surface area contributed by atoms with Crippen LogP contribution in [0.3, 0.4) is 0 Å². The number of rotatable bonds is 5. The van der Waals surface area contributed by atoms with Crippen LogP contribution < -0.4 is 4.31 Å². The number of para-hydroxylation sites is 1. The van der Waals surface area contributed by atoms with Crippen LogP contribution in [0.15, 0.2) is 52.9 Å². The Morgan fingerprint density at radius 3 is 2.52 bits per heavy atom. The van der Waals surface area contributed by atoms with Crippen LogP contribution in [0, 0.1) is 0 Å². The first-order valence-electron chi connectivity index (χ1n) is 9.76. The van der Waals surface area contributed by atoms with Gasteiger partial charge in [0.2, 0.25) is 10.0 Å². The maximum absolute atomic E-state index is 12.9. The smallest absolute Gasteiger partial charge is 0.253 e. The van der Waals surface area contributed by atoms with Gasteiger partial charge in [-0.3, -0.25) is 9.10 Å². The zero-order valence-electron chi connectivity index (χ0n) is 16.6. The molecule has 1 aromatic heterocycles. The number of fused-ring (bicyclic) bond motifs is 1. The van der Waals surface area contributed by atoms with Crippen LogP contribution in [-0.4, -0.2) is 38.6 Å². The van der Waals surface area contributed by atoms with E-state index in [4.69, 9.17) is 4.42 Å². The SMILES string of the molecule is CCc1oc2ccccc2c1CN(C)C(=O)c1ccc(N2CCCS2(=O)=O)cc1. The summed E-state index contributed by atoms with van der Waals surface area (Å²) in [4.78, 5) is 14.6. The average Bonchev–Trinajstić information content (AvgIpc) is 3.26. The van der Waals surface area contributed by atoms with Crippen molar-refractivity contribution in [3.8, 4) is 0 Å². The minimum Gasteiger partial charge on any atom is -0.461 e. The molecule has 2 heterocycles. The molecule has 0 bridgehead atoms. The first-order valence-corrected chi connectivity index (χ1v) is 11.4. The Kier molecular flexibility index (Phi) is 5.08. The fraction of sp³-hybridized carbons (Fsp3) is 0.318. The molecule has 1 saturated heterocycles. The fourth-order valence-corrected chi connectivity index (χ4v) is 5.40. The third-order valence-corrected chi connectivity index (χ3v) is 7.22. The van der Waals surface area contributed by atoms with E-state index >= 15 is 0 Å². The van der Waals surface area contributed by atoms with Crippen molar-refractivity contribution >= 4 is 32.6 Å². The van der Waals surface area contributed by atoms with Crippen LogP contribution in [0.1, 0.15) is 35.0 Å². The van der Waals surface area contributed by atoms with E-state index in [1.54, 1.807) is 36.2 Å². The molecule has 1 aliphatic rings. The number of benzene rings is 2. The van der Waals surface area contributed by atoms with Crippen LogP contribution in [0.5, 0.6) is 0 Å². The van der Waals surface area contributed by atoms with Gasteiger partial charge in [0.25, 0.3) is 5.91 Å². The summed E-state index contributed by atoms with van der Waals surface area (Å²) in [6, 6.07) is 14.6. The van der Waals surface area contributed by atoms with Crippen molar-refractivity contribution in [2.24, 2.45) is 0 Å². The molecule has 0 unspecified atom stereocenters. The van der Waals surface area contributed by atoms with E-state index in [2.05, 4.69) is 0 Å². The lowest BCUT2D eigenvalue weighted by Gasteiger charge is -2.19. The van der Waals surface area contributed by atoms with Gasteiger partial charge >= 0.3 is 0 Å². The van der Waals surface area contributed by atoms with E-state index in [1.807, 2.05) is 31.2 Å². The average molecular weight is 413 g/mol. The molecule has 0 spiro atoms. The monoisotopic (exact) mass is 412 g/mol. The first-order chi connectivity index (χ1) is 13.9. The highest BCUT2D eigenvalue weighted by molar-refractivity contribution is 7.93. The second-order valence-electron chi connectivity index (χ2n) is 7.30. The number of furan rings is 1. The van der Waals surface area contributed by atoms with E-state index in [0.717, 1.165) is 28.7 Å². The standard InChI is InChI=1S/C22H24N2O4S/c1-3-20-19(18-7-4-5-8-21(18)28-20)15-23(2)22(25)16-9-11-17(12-10-16)24-13-6-14-29(24,26)27/h4-5,7-12H,3,6,13-15H2,1-2H3. The lowest BCUT2D eigenvalue weighted by atomic mass is 10.1. The quantitative estimate of drug-likeness (QED) is 0.639.